The monoisotopic (exact) mass is 1010 g/mol. The Morgan fingerprint density at radius 2 is 0.921 bits per heavy atom. The predicted molar refractivity (Wildman–Crippen MR) is 285 cm³/mol. The zero-order valence-corrected chi connectivity index (χ0v) is 39.8. The summed E-state index contributed by atoms with van der Waals surface area (Å²) in [5, 5.41) is 43.0. The van der Waals surface area contributed by atoms with Crippen molar-refractivity contribution >= 4 is 67.3 Å². The van der Waals surface area contributed by atoms with E-state index in [1.165, 1.54) is 30.5 Å². The third-order valence-electron chi connectivity index (χ3n) is 11.6. The second-order valence-corrected chi connectivity index (χ2v) is 16.3. The number of aromatic carboxylic acids is 1. The van der Waals surface area contributed by atoms with E-state index in [9.17, 15) is 23.6 Å². The smallest absolute Gasteiger partial charge is 0.337 e. The van der Waals surface area contributed by atoms with E-state index in [-0.39, 0.29) is 5.82 Å². The molecule has 12 rings (SSSR count). The van der Waals surface area contributed by atoms with Crippen molar-refractivity contribution in [2.45, 2.75) is 0 Å². The molecule has 0 aliphatic rings. The Morgan fingerprint density at radius 3 is 1.36 bits per heavy atom. The Kier molecular flexibility index (Phi) is 15.5. The van der Waals surface area contributed by atoms with Gasteiger partial charge in [-0.05, 0) is 102 Å². The number of hydrogen-bond acceptors (Lipinski definition) is 9. The number of carbonyl (C=O) groups is 4. The van der Waals surface area contributed by atoms with Crippen molar-refractivity contribution in [2.75, 3.05) is 0 Å². The van der Waals surface area contributed by atoms with Crippen LogP contribution in [-0.4, -0.2) is 68.5 Å². The van der Waals surface area contributed by atoms with Gasteiger partial charge in [0.1, 0.15) is 5.82 Å². The number of carboxylic acids is 1. The Morgan fingerprint density at radius 1 is 0.513 bits per heavy atom. The molecule has 18 nitrogen and oxygen atoms in total. The molecule has 0 spiro atoms. The summed E-state index contributed by atoms with van der Waals surface area (Å²) in [5.74, 6) is -1.96. The van der Waals surface area contributed by atoms with Gasteiger partial charge in [-0.2, -0.15) is 15.7 Å². The number of primary amides is 3. The molecule has 372 valence electrons. The fourth-order valence-corrected chi connectivity index (χ4v) is 7.98. The first kappa shape index (κ1) is 50.9. The van der Waals surface area contributed by atoms with Gasteiger partial charge in [-0.25, -0.2) is 9.18 Å². The SMILES string of the molecule is N#Cc1ccc(-n2cc(C(N)=O)c3ccccc32)cc1.N#Cc1ccc(F)cc1.NC(=O)c1c[nH]c2ccccc12.NC(=O)c1cn(-c2ccc(-c3nn[nH]n3)cc2)c2ccccc12.O=C(O)c1c[nH]c2ccccc12. The maximum Gasteiger partial charge on any atom is 0.337 e. The maximum atomic E-state index is 12.1. The molecule has 0 saturated carbocycles. The number of aromatic nitrogens is 8. The van der Waals surface area contributed by atoms with E-state index in [1.54, 1.807) is 36.8 Å². The molecule has 76 heavy (non-hydrogen) atoms. The lowest BCUT2D eigenvalue weighted by Gasteiger charge is -2.05. The summed E-state index contributed by atoms with van der Waals surface area (Å²) in [6, 6.07) is 54.3. The minimum absolute atomic E-state index is 0.311. The van der Waals surface area contributed by atoms with E-state index in [4.69, 9.17) is 32.8 Å². The Hall–Kier alpha value is -11.4. The number of tetrazole rings is 1. The van der Waals surface area contributed by atoms with Gasteiger partial charge < -0.3 is 41.4 Å². The van der Waals surface area contributed by atoms with Gasteiger partial charge in [0.2, 0.25) is 5.82 Å². The average molecular weight is 1010 g/mol. The van der Waals surface area contributed by atoms with E-state index in [0.29, 0.717) is 39.2 Å². The van der Waals surface area contributed by atoms with Crippen LogP contribution in [0.4, 0.5) is 4.39 Å². The van der Waals surface area contributed by atoms with E-state index in [2.05, 4.69) is 36.7 Å². The number of para-hydroxylation sites is 4. The van der Waals surface area contributed by atoms with Crippen LogP contribution in [0.15, 0.2) is 195 Å². The second-order valence-electron chi connectivity index (χ2n) is 16.3. The highest BCUT2D eigenvalue weighted by Gasteiger charge is 2.15. The van der Waals surface area contributed by atoms with E-state index < -0.39 is 23.7 Å². The molecular weight excluding hydrogens is 966 g/mol. The molecule has 0 saturated heterocycles. The van der Waals surface area contributed by atoms with Gasteiger partial charge in [0.25, 0.3) is 17.7 Å². The van der Waals surface area contributed by atoms with Crippen LogP contribution in [0.1, 0.15) is 52.6 Å². The van der Waals surface area contributed by atoms with Crippen LogP contribution in [0.5, 0.6) is 0 Å². The molecule has 0 bridgehead atoms. The molecule has 0 unspecified atom stereocenters. The highest BCUT2D eigenvalue weighted by Crippen LogP contribution is 2.27. The topological polar surface area (TPSA) is 310 Å². The number of nitrogens with zero attached hydrogens (tertiary/aromatic N) is 7. The summed E-state index contributed by atoms with van der Waals surface area (Å²) in [6.45, 7) is 0. The van der Waals surface area contributed by atoms with Crippen LogP contribution in [-0.2, 0) is 0 Å². The molecule has 5 heterocycles. The number of nitrogens with one attached hydrogen (secondary N) is 3. The summed E-state index contributed by atoms with van der Waals surface area (Å²) < 4.78 is 16.0. The summed E-state index contributed by atoms with van der Waals surface area (Å²) in [7, 11) is 0. The highest BCUT2D eigenvalue weighted by atomic mass is 19.1. The van der Waals surface area contributed by atoms with Crippen LogP contribution < -0.4 is 17.2 Å². The van der Waals surface area contributed by atoms with E-state index in [1.807, 2.05) is 143 Å². The Balaban J connectivity index is 0.000000131. The van der Waals surface area contributed by atoms with E-state index in [0.717, 1.165) is 60.5 Å². The molecule has 7 aromatic carbocycles. The van der Waals surface area contributed by atoms with Crippen molar-refractivity contribution in [3.05, 3.63) is 234 Å². The van der Waals surface area contributed by atoms with Gasteiger partial charge in [-0.15, -0.1) is 10.2 Å². The lowest BCUT2D eigenvalue weighted by Crippen LogP contribution is -2.10. The minimum atomic E-state index is -0.896. The number of rotatable bonds is 7. The molecule has 0 radical (unpaired) electrons. The van der Waals surface area contributed by atoms with Gasteiger partial charge in [0.15, 0.2) is 0 Å². The largest absolute Gasteiger partial charge is 0.478 e. The Bertz CT molecular complexity index is 4020. The van der Waals surface area contributed by atoms with Crippen LogP contribution in [0.3, 0.4) is 0 Å². The van der Waals surface area contributed by atoms with Crippen molar-refractivity contribution in [1.29, 1.82) is 10.5 Å². The number of H-pyrrole nitrogens is 3. The lowest BCUT2D eigenvalue weighted by atomic mass is 10.1. The average Bonchev–Trinajstić information content (AvgIpc) is 4.32. The molecule has 3 amide bonds. The maximum absolute atomic E-state index is 12.1. The van der Waals surface area contributed by atoms with Crippen molar-refractivity contribution in [2.24, 2.45) is 17.2 Å². The zero-order chi connectivity index (χ0) is 53.7. The normalized spacial score (nSPS) is 10.3. The number of aromatic amines is 3. The molecule has 19 heteroatoms. The molecule has 0 fully saturated rings. The number of amides is 3. The predicted octanol–water partition coefficient (Wildman–Crippen LogP) is 9.34. The van der Waals surface area contributed by atoms with Gasteiger partial charge in [0.05, 0.1) is 56.6 Å². The van der Waals surface area contributed by atoms with Crippen LogP contribution >= 0.6 is 0 Å². The van der Waals surface area contributed by atoms with Crippen LogP contribution in [0, 0.1) is 28.5 Å². The molecule has 5 aromatic heterocycles. The summed E-state index contributed by atoms with van der Waals surface area (Å²) in [5.41, 5.74) is 25.3. The Labute approximate surface area is 430 Å². The number of nitrogens with two attached hydrogens (primary N) is 3. The number of halogens is 1. The molecule has 0 aliphatic carbocycles. The third-order valence-corrected chi connectivity index (χ3v) is 11.6. The molecule has 0 aliphatic heterocycles. The number of carbonyl (C=O) groups excluding carboxylic acids is 3. The molecular formula is C57H42FN13O5. The summed E-state index contributed by atoms with van der Waals surface area (Å²) >= 11 is 0. The molecule has 0 atom stereocenters. The zero-order valence-electron chi connectivity index (χ0n) is 39.8. The van der Waals surface area contributed by atoms with Gasteiger partial charge >= 0.3 is 5.97 Å². The quantitative estimate of drug-likeness (QED) is 0.0793. The fraction of sp³-hybridized carbons (Fsp3) is 0. The lowest BCUT2D eigenvalue weighted by molar-refractivity contribution is 0.0698. The number of benzene rings is 7. The molecule has 12 aromatic rings. The van der Waals surface area contributed by atoms with Crippen LogP contribution in [0.25, 0.3) is 66.4 Å². The number of carboxylic acid groups (broad SMARTS) is 1. The highest BCUT2D eigenvalue weighted by molar-refractivity contribution is 6.08. The second kappa shape index (κ2) is 23.2. The van der Waals surface area contributed by atoms with Gasteiger partial charge in [-0.1, -0.05) is 72.8 Å². The minimum Gasteiger partial charge on any atom is -0.478 e. The van der Waals surface area contributed by atoms with Gasteiger partial charge in [0, 0.05) is 74.3 Å². The summed E-state index contributed by atoms with van der Waals surface area (Å²) in [4.78, 5) is 50.6. The first-order valence-electron chi connectivity index (χ1n) is 22.8. The van der Waals surface area contributed by atoms with Crippen molar-refractivity contribution < 1.29 is 28.7 Å². The number of nitriles is 2. The van der Waals surface area contributed by atoms with Crippen molar-refractivity contribution in [1.82, 2.24) is 39.7 Å². The number of fused-ring (bicyclic) bond motifs is 4. The third kappa shape index (κ3) is 11.5. The van der Waals surface area contributed by atoms with Crippen molar-refractivity contribution in [3.63, 3.8) is 0 Å². The van der Waals surface area contributed by atoms with Crippen molar-refractivity contribution in [3.8, 4) is 34.9 Å². The first-order valence-corrected chi connectivity index (χ1v) is 22.8. The summed E-state index contributed by atoms with van der Waals surface area (Å²) in [6.07, 6.45) is 6.63. The molecule has 10 N–H and O–H groups in total. The first-order chi connectivity index (χ1) is 36.8. The van der Waals surface area contributed by atoms with Crippen LogP contribution in [0.2, 0.25) is 0 Å². The van der Waals surface area contributed by atoms with E-state index >= 15 is 0 Å². The van der Waals surface area contributed by atoms with Gasteiger partial charge in [-0.3, -0.25) is 14.4 Å². The number of hydrogen-bond donors (Lipinski definition) is 7. The fourth-order valence-electron chi connectivity index (χ4n) is 7.98. The standard InChI is InChI=1S/C16H12N6O.C16H11N3O.C9H8N2O.C9H7NO2.C7H4FN/c17-15(23)13-9-22(14-4-2-1-3-12(13)14)11-7-5-10(6-8-11)16-18-20-21-19-16;17-9-11-5-7-12(8-6-11)19-10-14(16(18)20)13-3-1-2-4-15(13)19;10-9(12)7-5-11-8-4-2-1-3-6(7)8;11-9(12)7-5-10-8-4-2-1-3-6(7)8;8-7-3-1-6(5-9)2-4-7/h1-9H,(H2,17,23)(H,18,19,20,21);1-8,10H,(H2,18,20);1-5,11H,(H2,10,12);1-5,10H,(H,11,12);1-4H.